The molecule has 0 fully saturated rings. The van der Waals surface area contributed by atoms with Gasteiger partial charge in [0.05, 0.1) is 0 Å². The van der Waals surface area contributed by atoms with Crippen molar-refractivity contribution < 1.29 is 4.79 Å². The van der Waals surface area contributed by atoms with E-state index < -0.39 is 0 Å². The molecule has 0 aromatic heterocycles. The average molecular weight is 221 g/mol. The van der Waals surface area contributed by atoms with Crippen molar-refractivity contribution in [2.24, 2.45) is 0 Å². The van der Waals surface area contributed by atoms with Crippen molar-refractivity contribution in [1.29, 1.82) is 0 Å². The first-order valence-electron chi connectivity index (χ1n) is 4.88. The number of carbonyl (C=O) groups is 1. The average Bonchev–Trinajstić information content (AvgIpc) is 2.22. The maximum atomic E-state index is 11.7. The first-order valence-corrected chi connectivity index (χ1v) is 5.25. The minimum atomic E-state index is 0.130. The maximum absolute atomic E-state index is 11.7. The third-order valence-corrected chi connectivity index (χ3v) is 2.63. The SMILES string of the molecule is C#CCCCC(=O)c1ccc(Cl)c(C)c1. The molecule has 0 N–H and O–H groups in total. The summed E-state index contributed by atoms with van der Waals surface area (Å²) in [6, 6.07) is 5.33. The van der Waals surface area contributed by atoms with E-state index in [1.54, 1.807) is 12.1 Å². The number of hydrogen-bond acceptors (Lipinski definition) is 1. The highest BCUT2D eigenvalue weighted by Gasteiger charge is 2.06. The Morgan fingerprint density at radius 2 is 2.27 bits per heavy atom. The van der Waals surface area contributed by atoms with Gasteiger partial charge in [0.2, 0.25) is 0 Å². The Labute approximate surface area is 95.5 Å². The van der Waals surface area contributed by atoms with Crippen molar-refractivity contribution in [1.82, 2.24) is 0 Å². The number of rotatable bonds is 4. The lowest BCUT2D eigenvalue weighted by atomic mass is 10.0. The Kier molecular flexibility index (Phi) is 4.39. The van der Waals surface area contributed by atoms with Gasteiger partial charge in [-0.1, -0.05) is 11.6 Å². The number of halogens is 1. The standard InChI is InChI=1S/C13H13ClO/c1-3-4-5-6-13(15)11-7-8-12(14)10(2)9-11/h1,7-9H,4-6H2,2H3. The molecule has 0 unspecified atom stereocenters. The van der Waals surface area contributed by atoms with E-state index in [4.69, 9.17) is 18.0 Å². The predicted molar refractivity (Wildman–Crippen MR) is 63.2 cm³/mol. The third kappa shape index (κ3) is 3.42. The molecule has 0 aliphatic carbocycles. The van der Waals surface area contributed by atoms with E-state index >= 15 is 0 Å². The van der Waals surface area contributed by atoms with Crippen LogP contribution < -0.4 is 0 Å². The molecule has 0 amide bonds. The van der Waals surface area contributed by atoms with E-state index in [0.717, 1.165) is 12.0 Å². The number of benzene rings is 1. The van der Waals surface area contributed by atoms with Gasteiger partial charge in [-0.2, -0.15) is 0 Å². The van der Waals surface area contributed by atoms with Crippen molar-refractivity contribution in [2.45, 2.75) is 26.2 Å². The highest BCUT2D eigenvalue weighted by atomic mass is 35.5. The van der Waals surface area contributed by atoms with E-state index in [-0.39, 0.29) is 5.78 Å². The molecule has 0 saturated heterocycles. The number of ketones is 1. The van der Waals surface area contributed by atoms with Crippen LogP contribution in [0.5, 0.6) is 0 Å². The number of terminal acetylenes is 1. The van der Waals surface area contributed by atoms with Gasteiger partial charge in [-0.15, -0.1) is 12.3 Å². The van der Waals surface area contributed by atoms with Gasteiger partial charge >= 0.3 is 0 Å². The molecular weight excluding hydrogens is 208 g/mol. The lowest BCUT2D eigenvalue weighted by Crippen LogP contribution is -1.99. The minimum Gasteiger partial charge on any atom is -0.294 e. The molecule has 0 saturated carbocycles. The molecule has 0 atom stereocenters. The second-order valence-electron chi connectivity index (χ2n) is 3.44. The van der Waals surface area contributed by atoms with Crippen LogP contribution in [-0.2, 0) is 0 Å². The summed E-state index contributed by atoms with van der Waals surface area (Å²) in [5.41, 5.74) is 1.65. The van der Waals surface area contributed by atoms with E-state index in [9.17, 15) is 4.79 Å². The highest BCUT2D eigenvalue weighted by Crippen LogP contribution is 2.17. The Morgan fingerprint density at radius 3 is 2.87 bits per heavy atom. The molecule has 78 valence electrons. The first kappa shape index (κ1) is 11.8. The molecule has 0 aliphatic heterocycles. The molecule has 0 aliphatic rings. The number of carbonyl (C=O) groups excluding carboxylic acids is 1. The van der Waals surface area contributed by atoms with Gasteiger partial charge in [0.15, 0.2) is 5.78 Å². The molecule has 0 heterocycles. The summed E-state index contributed by atoms with van der Waals surface area (Å²) in [7, 11) is 0. The lowest BCUT2D eigenvalue weighted by Gasteiger charge is -2.02. The largest absolute Gasteiger partial charge is 0.294 e. The zero-order valence-electron chi connectivity index (χ0n) is 8.72. The Bertz CT molecular complexity index is 401. The first-order chi connectivity index (χ1) is 7.15. The van der Waals surface area contributed by atoms with Crippen LogP contribution in [0.3, 0.4) is 0 Å². The molecule has 1 aromatic rings. The maximum Gasteiger partial charge on any atom is 0.162 e. The van der Waals surface area contributed by atoms with Crippen molar-refractivity contribution in [3.05, 3.63) is 34.3 Å². The van der Waals surface area contributed by atoms with E-state index in [1.807, 2.05) is 13.0 Å². The topological polar surface area (TPSA) is 17.1 Å². The van der Waals surface area contributed by atoms with Gasteiger partial charge in [0, 0.05) is 23.4 Å². The van der Waals surface area contributed by atoms with Crippen molar-refractivity contribution in [3.8, 4) is 12.3 Å². The quantitative estimate of drug-likeness (QED) is 0.430. The third-order valence-electron chi connectivity index (χ3n) is 2.20. The summed E-state index contributed by atoms with van der Waals surface area (Å²) in [6.45, 7) is 1.89. The van der Waals surface area contributed by atoms with Crippen LogP contribution >= 0.6 is 11.6 Å². The number of aryl methyl sites for hydroxylation is 1. The smallest absolute Gasteiger partial charge is 0.162 e. The fourth-order valence-electron chi connectivity index (χ4n) is 1.31. The van der Waals surface area contributed by atoms with Gasteiger partial charge in [-0.3, -0.25) is 4.79 Å². The second kappa shape index (κ2) is 5.58. The zero-order chi connectivity index (χ0) is 11.3. The molecular formula is C13H13ClO. The Hall–Kier alpha value is -1.26. The van der Waals surface area contributed by atoms with Crippen LogP contribution in [0.1, 0.15) is 35.2 Å². The van der Waals surface area contributed by atoms with Crippen LogP contribution in [0.2, 0.25) is 5.02 Å². The molecule has 1 nitrogen and oxygen atoms in total. The van der Waals surface area contributed by atoms with Crippen LogP contribution in [0.4, 0.5) is 0 Å². The zero-order valence-corrected chi connectivity index (χ0v) is 9.47. The van der Waals surface area contributed by atoms with Crippen LogP contribution in [0, 0.1) is 19.3 Å². The molecule has 0 radical (unpaired) electrons. The minimum absolute atomic E-state index is 0.130. The molecule has 15 heavy (non-hydrogen) atoms. The molecule has 0 spiro atoms. The molecule has 2 heteroatoms. The molecule has 0 bridgehead atoms. The Morgan fingerprint density at radius 1 is 1.53 bits per heavy atom. The summed E-state index contributed by atoms with van der Waals surface area (Å²) < 4.78 is 0. The predicted octanol–water partition coefficient (Wildman–Crippen LogP) is 3.63. The van der Waals surface area contributed by atoms with Crippen LogP contribution in [0.15, 0.2) is 18.2 Å². The highest BCUT2D eigenvalue weighted by molar-refractivity contribution is 6.31. The monoisotopic (exact) mass is 220 g/mol. The van der Waals surface area contributed by atoms with Crippen LogP contribution in [-0.4, -0.2) is 5.78 Å². The summed E-state index contributed by atoms with van der Waals surface area (Å²) >= 11 is 5.87. The van der Waals surface area contributed by atoms with Crippen molar-refractivity contribution in [2.75, 3.05) is 0 Å². The van der Waals surface area contributed by atoms with Crippen LogP contribution in [0.25, 0.3) is 0 Å². The normalized spacial score (nSPS) is 9.67. The summed E-state index contributed by atoms with van der Waals surface area (Å²) in [5.74, 6) is 2.65. The van der Waals surface area contributed by atoms with E-state index in [2.05, 4.69) is 5.92 Å². The van der Waals surface area contributed by atoms with Gasteiger partial charge in [-0.05, 0) is 37.1 Å². The molecule has 1 rings (SSSR count). The number of hydrogen-bond donors (Lipinski definition) is 0. The Balaban J connectivity index is 2.67. The van der Waals surface area contributed by atoms with Gasteiger partial charge in [-0.25, -0.2) is 0 Å². The van der Waals surface area contributed by atoms with Gasteiger partial charge < -0.3 is 0 Å². The fourth-order valence-corrected chi connectivity index (χ4v) is 1.43. The number of unbranched alkanes of at least 4 members (excludes halogenated alkanes) is 1. The van der Waals surface area contributed by atoms with Gasteiger partial charge in [0.25, 0.3) is 0 Å². The van der Waals surface area contributed by atoms with E-state index in [0.29, 0.717) is 23.4 Å². The summed E-state index contributed by atoms with van der Waals surface area (Å²) in [5, 5.41) is 0.690. The second-order valence-corrected chi connectivity index (χ2v) is 3.85. The van der Waals surface area contributed by atoms with Crippen molar-refractivity contribution >= 4 is 17.4 Å². The van der Waals surface area contributed by atoms with E-state index in [1.165, 1.54) is 0 Å². The summed E-state index contributed by atoms with van der Waals surface area (Å²) in [4.78, 5) is 11.7. The van der Waals surface area contributed by atoms with Gasteiger partial charge in [0.1, 0.15) is 0 Å². The summed E-state index contributed by atoms with van der Waals surface area (Å²) in [6.07, 6.45) is 7.02. The van der Waals surface area contributed by atoms with Crippen molar-refractivity contribution in [3.63, 3.8) is 0 Å². The lowest BCUT2D eigenvalue weighted by molar-refractivity contribution is 0.0980. The number of Topliss-reactive ketones (excluding diaryl/α,β-unsaturated/α-hetero) is 1. The molecule has 1 aromatic carbocycles. The fraction of sp³-hybridized carbons (Fsp3) is 0.308.